The normalized spacial score (nSPS) is 11.2. The van der Waals surface area contributed by atoms with E-state index in [0.717, 1.165) is 12.1 Å². The lowest BCUT2D eigenvalue weighted by molar-refractivity contribution is -0.274. The molecule has 1 heterocycles. The van der Waals surface area contributed by atoms with Crippen LogP contribution in [0.2, 0.25) is 5.15 Å². The number of alkyl halides is 3. The number of carboxylic acid groups (broad SMARTS) is 1. The van der Waals surface area contributed by atoms with Crippen molar-refractivity contribution in [2.75, 3.05) is 0 Å². The summed E-state index contributed by atoms with van der Waals surface area (Å²) in [5.41, 5.74) is 0.266. The van der Waals surface area contributed by atoms with Crippen LogP contribution in [0.3, 0.4) is 0 Å². The molecule has 2 rings (SSSR count). The predicted molar refractivity (Wildman–Crippen MR) is 68.3 cm³/mol. The van der Waals surface area contributed by atoms with Crippen molar-refractivity contribution in [1.29, 1.82) is 0 Å². The zero-order chi connectivity index (χ0) is 15.6. The highest BCUT2D eigenvalue weighted by Gasteiger charge is 2.31. The molecule has 1 N–H and O–H groups in total. The third kappa shape index (κ3) is 3.85. The van der Waals surface area contributed by atoms with E-state index in [-0.39, 0.29) is 16.4 Å². The van der Waals surface area contributed by atoms with Crippen molar-refractivity contribution in [2.45, 2.75) is 6.36 Å². The molecule has 4 nitrogen and oxygen atoms in total. The van der Waals surface area contributed by atoms with Gasteiger partial charge in [-0.1, -0.05) is 11.6 Å². The number of rotatable bonds is 3. The van der Waals surface area contributed by atoms with Crippen LogP contribution in [-0.4, -0.2) is 22.4 Å². The molecule has 0 amide bonds. The molecule has 1 aromatic heterocycles. The molecule has 2 aromatic rings. The highest BCUT2D eigenvalue weighted by atomic mass is 35.5. The van der Waals surface area contributed by atoms with Gasteiger partial charge in [0.05, 0.1) is 11.3 Å². The summed E-state index contributed by atoms with van der Waals surface area (Å²) in [7, 11) is 0. The summed E-state index contributed by atoms with van der Waals surface area (Å²) < 4.78 is 39.9. The molecule has 0 spiro atoms. The highest BCUT2D eigenvalue weighted by molar-refractivity contribution is 6.29. The van der Waals surface area contributed by atoms with Gasteiger partial charge >= 0.3 is 12.3 Å². The van der Waals surface area contributed by atoms with Gasteiger partial charge in [0.1, 0.15) is 10.9 Å². The van der Waals surface area contributed by atoms with Gasteiger partial charge in [-0.25, -0.2) is 9.78 Å². The average Bonchev–Trinajstić information content (AvgIpc) is 2.37. The minimum Gasteiger partial charge on any atom is -0.478 e. The average molecular weight is 318 g/mol. The van der Waals surface area contributed by atoms with E-state index in [4.69, 9.17) is 16.7 Å². The van der Waals surface area contributed by atoms with E-state index in [1.807, 2.05) is 0 Å². The quantitative estimate of drug-likeness (QED) is 0.869. The lowest BCUT2D eigenvalue weighted by Crippen LogP contribution is -2.16. The van der Waals surface area contributed by atoms with Gasteiger partial charge in [0.25, 0.3) is 0 Å². The highest BCUT2D eigenvalue weighted by Crippen LogP contribution is 2.28. The summed E-state index contributed by atoms with van der Waals surface area (Å²) in [5.74, 6) is -1.63. The number of hydrogen-bond donors (Lipinski definition) is 1. The Morgan fingerprint density at radius 2 is 1.76 bits per heavy atom. The van der Waals surface area contributed by atoms with E-state index in [1.54, 1.807) is 0 Å². The molecule has 0 fully saturated rings. The number of carboxylic acids is 1. The molecule has 1 aromatic carbocycles. The number of ether oxygens (including phenoxy) is 1. The fourth-order valence-corrected chi connectivity index (χ4v) is 1.79. The van der Waals surface area contributed by atoms with Gasteiger partial charge < -0.3 is 9.84 Å². The summed E-state index contributed by atoms with van der Waals surface area (Å²) in [4.78, 5) is 15.0. The Morgan fingerprint density at radius 1 is 1.14 bits per heavy atom. The van der Waals surface area contributed by atoms with Crippen LogP contribution in [0.15, 0.2) is 36.4 Å². The van der Waals surface area contributed by atoms with Gasteiger partial charge in [-0.2, -0.15) is 0 Å². The lowest BCUT2D eigenvalue weighted by atomic mass is 10.1. The molecule has 0 aliphatic carbocycles. The summed E-state index contributed by atoms with van der Waals surface area (Å²) >= 11 is 5.71. The standard InChI is InChI=1S/C13H7ClF3NO3/c14-10-6-5-9(12(19)20)11(18-10)7-1-3-8(4-2-7)21-13(15,16)17/h1-6H,(H,19,20). The number of hydrogen-bond acceptors (Lipinski definition) is 3. The Morgan fingerprint density at radius 3 is 2.29 bits per heavy atom. The van der Waals surface area contributed by atoms with Crippen LogP contribution in [0, 0.1) is 0 Å². The van der Waals surface area contributed by atoms with Gasteiger partial charge in [0, 0.05) is 5.56 Å². The third-order valence-electron chi connectivity index (χ3n) is 2.45. The SMILES string of the molecule is O=C(O)c1ccc(Cl)nc1-c1ccc(OC(F)(F)F)cc1. The molecule has 0 radical (unpaired) electrons. The largest absolute Gasteiger partial charge is 0.573 e. The number of nitrogens with zero attached hydrogens (tertiary/aromatic N) is 1. The number of benzene rings is 1. The minimum atomic E-state index is -4.79. The molecule has 0 atom stereocenters. The van der Waals surface area contributed by atoms with Crippen molar-refractivity contribution in [3.8, 4) is 17.0 Å². The van der Waals surface area contributed by atoms with Crippen molar-refractivity contribution in [3.63, 3.8) is 0 Å². The van der Waals surface area contributed by atoms with Crippen molar-refractivity contribution >= 4 is 17.6 Å². The van der Waals surface area contributed by atoms with E-state index in [0.29, 0.717) is 5.56 Å². The Hall–Kier alpha value is -2.28. The molecule has 21 heavy (non-hydrogen) atoms. The molecule has 0 saturated heterocycles. The van der Waals surface area contributed by atoms with Crippen LogP contribution in [-0.2, 0) is 0 Å². The van der Waals surface area contributed by atoms with Gasteiger partial charge in [-0.3, -0.25) is 0 Å². The van der Waals surface area contributed by atoms with Crippen LogP contribution >= 0.6 is 11.6 Å². The molecular weight excluding hydrogens is 311 g/mol. The van der Waals surface area contributed by atoms with Gasteiger partial charge in [0.15, 0.2) is 0 Å². The van der Waals surface area contributed by atoms with Crippen molar-refractivity contribution in [3.05, 3.63) is 47.1 Å². The molecule has 0 aliphatic heterocycles. The lowest BCUT2D eigenvalue weighted by Gasteiger charge is -2.10. The zero-order valence-corrected chi connectivity index (χ0v) is 10.9. The van der Waals surface area contributed by atoms with Crippen LogP contribution in [0.25, 0.3) is 11.3 Å². The number of aromatic carboxylic acids is 1. The Balaban J connectivity index is 2.39. The molecule has 0 bridgehead atoms. The Kier molecular flexibility index (Phi) is 4.04. The second kappa shape index (κ2) is 5.61. The maximum absolute atomic E-state index is 12.1. The number of carbonyl (C=O) groups is 1. The first-order valence-electron chi connectivity index (χ1n) is 5.52. The van der Waals surface area contributed by atoms with Gasteiger partial charge in [0.2, 0.25) is 0 Å². The third-order valence-corrected chi connectivity index (χ3v) is 2.66. The van der Waals surface area contributed by atoms with E-state index < -0.39 is 18.1 Å². The van der Waals surface area contributed by atoms with E-state index in [1.165, 1.54) is 24.3 Å². The molecule has 8 heteroatoms. The molecule has 0 saturated carbocycles. The summed E-state index contributed by atoms with van der Waals surface area (Å²) in [6.07, 6.45) is -4.79. The Bertz CT molecular complexity index is 671. The van der Waals surface area contributed by atoms with E-state index >= 15 is 0 Å². The number of halogens is 4. The molecular formula is C13H7ClF3NO3. The Labute approximate surface area is 121 Å². The van der Waals surface area contributed by atoms with Crippen molar-refractivity contribution < 1.29 is 27.8 Å². The maximum atomic E-state index is 12.1. The van der Waals surface area contributed by atoms with Crippen molar-refractivity contribution in [2.24, 2.45) is 0 Å². The number of pyridine rings is 1. The summed E-state index contributed by atoms with van der Waals surface area (Å²) in [6.45, 7) is 0. The predicted octanol–water partition coefficient (Wildman–Crippen LogP) is 4.00. The van der Waals surface area contributed by atoms with Crippen LogP contribution in [0.5, 0.6) is 5.75 Å². The first kappa shape index (κ1) is 15.1. The second-order valence-electron chi connectivity index (χ2n) is 3.91. The monoisotopic (exact) mass is 317 g/mol. The molecule has 0 aliphatic rings. The van der Waals surface area contributed by atoms with Gasteiger partial charge in [-0.05, 0) is 36.4 Å². The topological polar surface area (TPSA) is 59.4 Å². The molecule has 110 valence electrons. The van der Waals surface area contributed by atoms with Crippen molar-refractivity contribution in [1.82, 2.24) is 4.98 Å². The minimum absolute atomic E-state index is 0.0635. The first-order valence-corrected chi connectivity index (χ1v) is 5.90. The van der Waals surface area contributed by atoms with Gasteiger partial charge in [-0.15, -0.1) is 13.2 Å². The first-order chi connectivity index (χ1) is 9.76. The van der Waals surface area contributed by atoms with Crippen LogP contribution < -0.4 is 4.74 Å². The molecule has 0 unspecified atom stereocenters. The summed E-state index contributed by atoms with van der Waals surface area (Å²) in [6, 6.07) is 7.26. The zero-order valence-electron chi connectivity index (χ0n) is 10.2. The van der Waals surface area contributed by atoms with E-state index in [2.05, 4.69) is 9.72 Å². The number of aromatic nitrogens is 1. The fourth-order valence-electron chi connectivity index (χ4n) is 1.64. The van der Waals surface area contributed by atoms with E-state index in [9.17, 15) is 18.0 Å². The maximum Gasteiger partial charge on any atom is 0.573 e. The van der Waals surface area contributed by atoms with Crippen LogP contribution in [0.1, 0.15) is 10.4 Å². The fraction of sp³-hybridized carbons (Fsp3) is 0.0769. The smallest absolute Gasteiger partial charge is 0.478 e. The second-order valence-corrected chi connectivity index (χ2v) is 4.29. The summed E-state index contributed by atoms with van der Waals surface area (Å²) in [5, 5.41) is 9.14. The van der Waals surface area contributed by atoms with Crippen LogP contribution in [0.4, 0.5) is 13.2 Å².